The Morgan fingerprint density at radius 3 is 2.74 bits per heavy atom. The maximum absolute atomic E-state index is 13.7. The summed E-state index contributed by atoms with van der Waals surface area (Å²) < 4.78 is 15.0. The normalized spacial score (nSPS) is 11.4. The molecule has 0 fully saturated rings. The van der Waals surface area contributed by atoms with Crippen molar-refractivity contribution in [3.63, 3.8) is 0 Å². The number of para-hydroxylation sites is 1. The zero-order valence-electron chi connectivity index (χ0n) is 17.1. The number of hydrogen-bond acceptors (Lipinski definition) is 6. The lowest BCUT2D eigenvalue weighted by atomic mass is 10.0. The molecule has 2 N–H and O–H groups in total. The Bertz CT molecular complexity index is 1360. The zero-order valence-corrected chi connectivity index (χ0v) is 17.1. The maximum atomic E-state index is 13.7. The Morgan fingerprint density at radius 2 is 1.97 bits per heavy atom. The first-order valence-corrected chi connectivity index (χ1v) is 9.72. The molecular formula is C23H21FN4O3. The summed E-state index contributed by atoms with van der Waals surface area (Å²) >= 11 is 0. The Hall–Kier alpha value is -3.78. The number of nitrogens with zero attached hydrogens (tertiary/aromatic N) is 3. The molecule has 0 spiro atoms. The van der Waals surface area contributed by atoms with E-state index >= 15 is 0 Å². The van der Waals surface area contributed by atoms with Crippen molar-refractivity contribution in [2.24, 2.45) is 0 Å². The number of aromatic nitrogens is 2. The SMILES string of the molecule is CN(C)CCNc1cc(C(=O)c2cc(F)ccc2O)cn2c(=O)c3ccccc3nc12. The molecule has 0 bridgehead atoms. The molecule has 4 aromatic rings. The van der Waals surface area contributed by atoms with Gasteiger partial charge in [-0.2, -0.15) is 0 Å². The van der Waals surface area contributed by atoms with E-state index in [-0.39, 0.29) is 22.4 Å². The Morgan fingerprint density at radius 1 is 1.19 bits per heavy atom. The summed E-state index contributed by atoms with van der Waals surface area (Å²) in [7, 11) is 3.87. The molecule has 8 heteroatoms. The number of benzene rings is 2. The largest absolute Gasteiger partial charge is 0.507 e. The molecule has 31 heavy (non-hydrogen) atoms. The van der Waals surface area contributed by atoms with Crippen LogP contribution >= 0.6 is 0 Å². The lowest BCUT2D eigenvalue weighted by molar-refractivity contribution is 0.103. The third-order valence-electron chi connectivity index (χ3n) is 4.96. The minimum atomic E-state index is -0.643. The smallest absolute Gasteiger partial charge is 0.265 e. The molecule has 0 aliphatic carbocycles. The molecule has 4 rings (SSSR count). The number of rotatable bonds is 6. The first kappa shape index (κ1) is 20.5. The van der Waals surface area contributed by atoms with Crippen LogP contribution in [0.25, 0.3) is 16.6 Å². The quantitative estimate of drug-likeness (QED) is 0.369. The molecule has 7 nitrogen and oxygen atoms in total. The number of phenolic OH excluding ortho intramolecular Hbond substituents is 1. The van der Waals surface area contributed by atoms with Crippen molar-refractivity contribution >= 4 is 28.0 Å². The Labute approximate surface area is 177 Å². The van der Waals surface area contributed by atoms with Gasteiger partial charge in [0.05, 0.1) is 22.2 Å². The van der Waals surface area contributed by atoms with E-state index in [0.717, 1.165) is 18.2 Å². The summed E-state index contributed by atoms with van der Waals surface area (Å²) in [6.45, 7) is 1.26. The average Bonchev–Trinajstić information content (AvgIpc) is 2.75. The van der Waals surface area contributed by atoms with Crippen LogP contribution in [0.4, 0.5) is 10.1 Å². The molecule has 0 unspecified atom stereocenters. The monoisotopic (exact) mass is 420 g/mol. The second-order valence-corrected chi connectivity index (χ2v) is 7.49. The molecule has 2 aromatic heterocycles. The number of phenols is 1. The van der Waals surface area contributed by atoms with Gasteiger partial charge >= 0.3 is 0 Å². The number of fused-ring (bicyclic) bond motifs is 2. The van der Waals surface area contributed by atoms with E-state index in [0.29, 0.717) is 35.3 Å². The fourth-order valence-corrected chi connectivity index (χ4v) is 3.37. The minimum Gasteiger partial charge on any atom is -0.507 e. The van der Waals surface area contributed by atoms with Gasteiger partial charge in [0.25, 0.3) is 5.56 Å². The number of aromatic hydroxyl groups is 1. The van der Waals surface area contributed by atoms with Crippen molar-refractivity contribution < 1.29 is 14.3 Å². The van der Waals surface area contributed by atoms with Crippen LogP contribution in [-0.2, 0) is 0 Å². The lowest BCUT2D eigenvalue weighted by Gasteiger charge is -2.15. The fourth-order valence-electron chi connectivity index (χ4n) is 3.37. The third-order valence-corrected chi connectivity index (χ3v) is 4.96. The lowest BCUT2D eigenvalue weighted by Crippen LogP contribution is -2.23. The third kappa shape index (κ3) is 3.97. The molecule has 0 radical (unpaired) electrons. The van der Waals surface area contributed by atoms with Crippen LogP contribution in [0.3, 0.4) is 0 Å². The molecule has 2 aromatic carbocycles. The number of nitrogens with one attached hydrogen (secondary N) is 1. The summed E-state index contributed by atoms with van der Waals surface area (Å²) in [5.74, 6) is -1.58. The summed E-state index contributed by atoms with van der Waals surface area (Å²) in [4.78, 5) is 32.8. The molecule has 2 heterocycles. The van der Waals surface area contributed by atoms with Gasteiger partial charge in [-0.3, -0.25) is 14.0 Å². The van der Waals surface area contributed by atoms with E-state index in [2.05, 4.69) is 10.3 Å². The van der Waals surface area contributed by atoms with Crippen LogP contribution in [-0.4, -0.2) is 52.4 Å². The number of pyridine rings is 1. The number of carbonyl (C=O) groups is 1. The van der Waals surface area contributed by atoms with Gasteiger partial charge in [-0.15, -0.1) is 0 Å². The highest BCUT2D eigenvalue weighted by Crippen LogP contribution is 2.25. The van der Waals surface area contributed by atoms with Gasteiger partial charge < -0.3 is 15.3 Å². The highest BCUT2D eigenvalue weighted by atomic mass is 19.1. The zero-order chi connectivity index (χ0) is 22.1. The Balaban J connectivity index is 1.92. The topological polar surface area (TPSA) is 86.9 Å². The highest BCUT2D eigenvalue weighted by Gasteiger charge is 2.19. The molecular weight excluding hydrogens is 399 g/mol. The van der Waals surface area contributed by atoms with Crippen molar-refractivity contribution in [1.29, 1.82) is 0 Å². The number of halogens is 1. The predicted molar refractivity (Wildman–Crippen MR) is 118 cm³/mol. The minimum absolute atomic E-state index is 0.125. The first-order chi connectivity index (χ1) is 14.8. The van der Waals surface area contributed by atoms with Gasteiger partial charge in [0.15, 0.2) is 11.4 Å². The fraction of sp³-hybridized carbons (Fsp3) is 0.174. The van der Waals surface area contributed by atoms with Crippen molar-refractivity contribution in [2.45, 2.75) is 0 Å². The van der Waals surface area contributed by atoms with E-state index in [9.17, 15) is 19.1 Å². The van der Waals surface area contributed by atoms with Crippen molar-refractivity contribution in [3.8, 4) is 5.75 Å². The summed E-state index contributed by atoms with van der Waals surface area (Å²) in [6.07, 6.45) is 1.38. The molecule has 0 saturated carbocycles. The van der Waals surface area contributed by atoms with Crippen LogP contribution in [0.1, 0.15) is 15.9 Å². The first-order valence-electron chi connectivity index (χ1n) is 9.72. The van der Waals surface area contributed by atoms with Crippen LogP contribution < -0.4 is 10.9 Å². The summed E-state index contributed by atoms with van der Waals surface area (Å²) in [5, 5.41) is 13.7. The number of anilines is 1. The van der Waals surface area contributed by atoms with Crippen LogP contribution in [0.15, 0.2) is 59.5 Å². The summed E-state index contributed by atoms with van der Waals surface area (Å²) in [6, 6.07) is 11.7. The van der Waals surface area contributed by atoms with Crippen molar-refractivity contribution in [2.75, 3.05) is 32.5 Å². The highest BCUT2D eigenvalue weighted by molar-refractivity contribution is 6.11. The van der Waals surface area contributed by atoms with E-state index in [1.54, 1.807) is 30.3 Å². The van der Waals surface area contributed by atoms with E-state index in [1.807, 2.05) is 19.0 Å². The Kier molecular flexibility index (Phi) is 5.39. The second kappa shape index (κ2) is 8.16. The van der Waals surface area contributed by atoms with E-state index < -0.39 is 11.6 Å². The number of hydrogen-bond donors (Lipinski definition) is 2. The van der Waals surface area contributed by atoms with Gasteiger partial charge in [-0.25, -0.2) is 9.37 Å². The van der Waals surface area contributed by atoms with Crippen molar-refractivity contribution in [3.05, 3.63) is 82.0 Å². The van der Waals surface area contributed by atoms with Crippen LogP contribution in [0, 0.1) is 5.82 Å². The maximum Gasteiger partial charge on any atom is 0.265 e. The van der Waals surface area contributed by atoms with Gasteiger partial charge in [0.1, 0.15) is 11.6 Å². The van der Waals surface area contributed by atoms with Gasteiger partial charge in [0.2, 0.25) is 0 Å². The molecule has 0 aliphatic heterocycles. The molecule has 0 saturated heterocycles. The average molecular weight is 420 g/mol. The van der Waals surface area contributed by atoms with Crippen LogP contribution in [0.5, 0.6) is 5.75 Å². The number of likely N-dealkylation sites (N-methyl/N-ethyl adjacent to an activating group) is 1. The molecule has 158 valence electrons. The predicted octanol–water partition coefficient (Wildman–Crippen LogP) is 2.90. The summed E-state index contributed by atoms with van der Waals surface area (Å²) in [5.41, 5.74) is 1.04. The molecule has 0 aliphatic rings. The molecule has 0 atom stereocenters. The van der Waals surface area contributed by atoms with E-state index in [4.69, 9.17) is 0 Å². The van der Waals surface area contributed by atoms with Gasteiger partial charge in [0, 0.05) is 24.8 Å². The van der Waals surface area contributed by atoms with E-state index in [1.165, 1.54) is 10.6 Å². The number of carbonyl (C=O) groups excluding carboxylic acids is 1. The second-order valence-electron chi connectivity index (χ2n) is 7.49. The standard InChI is InChI=1S/C23H21FN4O3/c1-27(2)10-9-25-19-11-14(21(30)17-12-15(24)7-8-20(17)29)13-28-22(19)26-18-6-4-3-5-16(18)23(28)31/h3-8,11-13,25,29H,9-10H2,1-2H3. The van der Waals surface area contributed by atoms with Gasteiger partial charge in [-0.1, -0.05) is 12.1 Å². The number of ketones is 1. The van der Waals surface area contributed by atoms with Crippen LogP contribution in [0.2, 0.25) is 0 Å². The molecule has 0 amide bonds. The van der Waals surface area contributed by atoms with Gasteiger partial charge in [-0.05, 0) is 50.5 Å². The van der Waals surface area contributed by atoms with Crippen molar-refractivity contribution in [1.82, 2.24) is 14.3 Å².